The van der Waals surface area contributed by atoms with Crippen molar-refractivity contribution in [1.29, 1.82) is 0 Å². The SMILES string of the molecule is CC(=O)C(=O)N1CCN(Cc2c(C)nn(-c3ccccc3)c2C)CC1. The van der Waals surface area contributed by atoms with Crippen LogP contribution in [0.15, 0.2) is 30.3 Å². The Bertz CT molecular complexity index is 774. The van der Waals surface area contributed by atoms with E-state index in [9.17, 15) is 9.59 Å². The lowest BCUT2D eigenvalue weighted by molar-refractivity contribution is -0.144. The molecular formula is C19H24N4O2. The summed E-state index contributed by atoms with van der Waals surface area (Å²) < 4.78 is 1.99. The van der Waals surface area contributed by atoms with E-state index in [0.717, 1.165) is 36.7 Å². The number of rotatable bonds is 4. The molecule has 0 atom stereocenters. The molecule has 1 aromatic carbocycles. The van der Waals surface area contributed by atoms with Gasteiger partial charge in [-0.1, -0.05) is 18.2 Å². The lowest BCUT2D eigenvalue weighted by atomic mass is 10.1. The largest absolute Gasteiger partial charge is 0.334 e. The van der Waals surface area contributed by atoms with E-state index in [0.29, 0.717) is 13.1 Å². The van der Waals surface area contributed by atoms with E-state index in [1.54, 1.807) is 4.90 Å². The predicted octanol–water partition coefficient (Wildman–Crippen LogP) is 1.72. The summed E-state index contributed by atoms with van der Waals surface area (Å²) in [4.78, 5) is 27.0. The Labute approximate surface area is 148 Å². The van der Waals surface area contributed by atoms with Gasteiger partial charge in [-0.3, -0.25) is 14.5 Å². The average molecular weight is 340 g/mol. The van der Waals surface area contributed by atoms with Crippen LogP contribution in [-0.4, -0.2) is 57.4 Å². The monoisotopic (exact) mass is 340 g/mol. The summed E-state index contributed by atoms with van der Waals surface area (Å²) in [6, 6.07) is 10.1. The summed E-state index contributed by atoms with van der Waals surface area (Å²) in [6.07, 6.45) is 0. The van der Waals surface area contributed by atoms with Crippen LogP contribution in [0, 0.1) is 13.8 Å². The molecule has 0 bridgehead atoms. The minimum absolute atomic E-state index is 0.371. The van der Waals surface area contributed by atoms with Gasteiger partial charge >= 0.3 is 0 Å². The Kier molecular flexibility index (Phi) is 4.99. The van der Waals surface area contributed by atoms with Crippen molar-refractivity contribution in [3.63, 3.8) is 0 Å². The Morgan fingerprint density at radius 3 is 2.28 bits per heavy atom. The maximum Gasteiger partial charge on any atom is 0.289 e. The van der Waals surface area contributed by atoms with Crippen molar-refractivity contribution in [2.45, 2.75) is 27.3 Å². The van der Waals surface area contributed by atoms with Crippen molar-refractivity contribution < 1.29 is 9.59 Å². The van der Waals surface area contributed by atoms with Gasteiger partial charge in [-0.05, 0) is 26.0 Å². The number of ketones is 1. The van der Waals surface area contributed by atoms with Gasteiger partial charge in [0.15, 0.2) is 0 Å². The van der Waals surface area contributed by atoms with Crippen LogP contribution in [0.2, 0.25) is 0 Å². The van der Waals surface area contributed by atoms with E-state index in [4.69, 9.17) is 5.10 Å². The molecule has 1 amide bonds. The molecule has 0 N–H and O–H groups in total. The van der Waals surface area contributed by atoms with Gasteiger partial charge in [-0.15, -0.1) is 0 Å². The Morgan fingerprint density at radius 1 is 1.04 bits per heavy atom. The number of nitrogens with zero attached hydrogens (tertiary/aromatic N) is 4. The average Bonchev–Trinajstić information content (AvgIpc) is 2.90. The van der Waals surface area contributed by atoms with E-state index >= 15 is 0 Å². The third-order valence-electron chi connectivity index (χ3n) is 4.78. The zero-order chi connectivity index (χ0) is 18.0. The number of aryl methyl sites for hydroxylation is 1. The molecule has 2 aromatic rings. The molecule has 3 rings (SSSR count). The van der Waals surface area contributed by atoms with Gasteiger partial charge in [0, 0.05) is 50.9 Å². The van der Waals surface area contributed by atoms with Crippen molar-refractivity contribution in [3.05, 3.63) is 47.3 Å². The smallest absolute Gasteiger partial charge is 0.289 e. The highest BCUT2D eigenvalue weighted by atomic mass is 16.2. The molecule has 1 fully saturated rings. The number of benzene rings is 1. The van der Waals surface area contributed by atoms with Crippen LogP contribution >= 0.6 is 0 Å². The van der Waals surface area contributed by atoms with Crippen molar-refractivity contribution in [3.8, 4) is 5.69 Å². The molecule has 2 heterocycles. The first-order valence-electron chi connectivity index (χ1n) is 8.60. The van der Waals surface area contributed by atoms with Crippen LogP contribution in [0.3, 0.4) is 0 Å². The minimum atomic E-state index is -0.385. The molecule has 6 heteroatoms. The van der Waals surface area contributed by atoms with Crippen LogP contribution < -0.4 is 0 Å². The van der Waals surface area contributed by atoms with Gasteiger partial charge in [0.05, 0.1) is 11.4 Å². The topological polar surface area (TPSA) is 58.4 Å². The molecule has 6 nitrogen and oxygen atoms in total. The second-order valence-electron chi connectivity index (χ2n) is 6.52. The first-order valence-corrected chi connectivity index (χ1v) is 8.60. The van der Waals surface area contributed by atoms with E-state index in [1.165, 1.54) is 12.5 Å². The lowest BCUT2D eigenvalue weighted by Crippen LogP contribution is -2.49. The van der Waals surface area contributed by atoms with Crippen molar-refractivity contribution in [1.82, 2.24) is 19.6 Å². The summed E-state index contributed by atoms with van der Waals surface area (Å²) in [6.45, 7) is 9.02. The van der Waals surface area contributed by atoms with Gasteiger partial charge in [0.1, 0.15) is 0 Å². The lowest BCUT2D eigenvalue weighted by Gasteiger charge is -2.34. The number of amides is 1. The van der Waals surface area contributed by atoms with Gasteiger partial charge in [0.25, 0.3) is 5.91 Å². The highest BCUT2D eigenvalue weighted by Gasteiger charge is 2.24. The highest BCUT2D eigenvalue weighted by molar-refractivity contribution is 6.35. The summed E-state index contributed by atoms with van der Waals surface area (Å²) >= 11 is 0. The molecule has 0 radical (unpaired) electrons. The zero-order valence-corrected chi connectivity index (χ0v) is 15.0. The fraction of sp³-hybridized carbons (Fsp3) is 0.421. The molecule has 0 spiro atoms. The summed E-state index contributed by atoms with van der Waals surface area (Å²) in [7, 11) is 0. The molecule has 0 aliphatic carbocycles. The summed E-state index contributed by atoms with van der Waals surface area (Å²) in [5, 5.41) is 4.69. The number of carbonyl (C=O) groups is 2. The number of hydrogen-bond donors (Lipinski definition) is 0. The van der Waals surface area contributed by atoms with Crippen molar-refractivity contribution in [2.24, 2.45) is 0 Å². The third kappa shape index (κ3) is 3.64. The maximum atomic E-state index is 11.8. The summed E-state index contributed by atoms with van der Waals surface area (Å²) in [5.74, 6) is -0.756. The minimum Gasteiger partial charge on any atom is -0.334 e. The number of Topliss-reactive ketones (excluding diaryl/α,β-unsaturated/α-hetero) is 1. The molecule has 1 aliphatic heterocycles. The molecule has 1 aliphatic rings. The fourth-order valence-electron chi connectivity index (χ4n) is 3.28. The fourth-order valence-corrected chi connectivity index (χ4v) is 3.28. The molecular weight excluding hydrogens is 316 g/mol. The first kappa shape index (κ1) is 17.4. The van der Waals surface area contributed by atoms with E-state index in [1.807, 2.05) is 29.8 Å². The first-order chi connectivity index (χ1) is 12.0. The second-order valence-corrected chi connectivity index (χ2v) is 6.52. The number of piperazine rings is 1. The van der Waals surface area contributed by atoms with Gasteiger partial charge in [-0.2, -0.15) is 5.10 Å². The Morgan fingerprint density at radius 2 is 1.68 bits per heavy atom. The quantitative estimate of drug-likeness (QED) is 0.795. The van der Waals surface area contributed by atoms with Crippen molar-refractivity contribution >= 4 is 11.7 Å². The number of carbonyl (C=O) groups excluding carboxylic acids is 2. The molecule has 1 aromatic heterocycles. The van der Waals surface area contributed by atoms with Crippen molar-refractivity contribution in [2.75, 3.05) is 26.2 Å². The Balaban J connectivity index is 1.70. The number of para-hydroxylation sites is 1. The maximum absolute atomic E-state index is 11.8. The van der Waals surface area contributed by atoms with E-state index in [2.05, 4.69) is 24.0 Å². The zero-order valence-electron chi connectivity index (χ0n) is 15.0. The highest BCUT2D eigenvalue weighted by Crippen LogP contribution is 2.20. The van der Waals surface area contributed by atoms with Crippen LogP contribution in [0.4, 0.5) is 0 Å². The molecule has 132 valence electrons. The van der Waals surface area contributed by atoms with Crippen LogP contribution in [0.25, 0.3) is 5.69 Å². The van der Waals surface area contributed by atoms with E-state index in [-0.39, 0.29) is 11.7 Å². The van der Waals surface area contributed by atoms with E-state index < -0.39 is 0 Å². The van der Waals surface area contributed by atoms with Crippen LogP contribution in [-0.2, 0) is 16.1 Å². The van der Waals surface area contributed by atoms with Crippen LogP contribution in [0.5, 0.6) is 0 Å². The number of aromatic nitrogens is 2. The Hall–Kier alpha value is -2.47. The third-order valence-corrected chi connectivity index (χ3v) is 4.78. The molecule has 0 unspecified atom stereocenters. The van der Waals surface area contributed by atoms with Crippen LogP contribution in [0.1, 0.15) is 23.9 Å². The molecule has 25 heavy (non-hydrogen) atoms. The number of hydrogen-bond acceptors (Lipinski definition) is 4. The van der Waals surface area contributed by atoms with Gasteiger partial charge in [-0.25, -0.2) is 4.68 Å². The molecule has 0 saturated carbocycles. The van der Waals surface area contributed by atoms with Gasteiger partial charge < -0.3 is 4.90 Å². The molecule has 1 saturated heterocycles. The standard InChI is InChI=1S/C19H24N4O2/c1-14-18(15(2)23(20-14)17-7-5-4-6-8-17)13-21-9-11-22(12-10-21)19(25)16(3)24/h4-8H,9-13H2,1-3H3. The second kappa shape index (κ2) is 7.19. The predicted molar refractivity (Wildman–Crippen MR) is 95.6 cm³/mol. The normalized spacial score (nSPS) is 15.4. The summed E-state index contributed by atoms with van der Waals surface area (Å²) in [5.41, 5.74) is 4.47. The van der Waals surface area contributed by atoms with Gasteiger partial charge in [0.2, 0.25) is 5.78 Å².